The Morgan fingerprint density at radius 2 is 2.33 bits per heavy atom. The van der Waals surface area contributed by atoms with Gasteiger partial charge in [0.05, 0.1) is 6.61 Å². The van der Waals surface area contributed by atoms with E-state index in [0.29, 0.717) is 12.5 Å². The minimum atomic E-state index is -0.185. The minimum Gasteiger partial charge on any atom is -0.381 e. The zero-order valence-electron chi connectivity index (χ0n) is 8.46. The van der Waals surface area contributed by atoms with Gasteiger partial charge in [0.1, 0.15) is 5.82 Å². The van der Waals surface area contributed by atoms with Gasteiger partial charge in [0.15, 0.2) is 0 Å². The van der Waals surface area contributed by atoms with E-state index in [1.807, 2.05) is 6.07 Å². The lowest BCUT2D eigenvalue weighted by Crippen LogP contribution is -2.29. The van der Waals surface area contributed by atoms with E-state index in [0.717, 1.165) is 25.0 Å². The van der Waals surface area contributed by atoms with Crippen molar-refractivity contribution in [3.05, 3.63) is 35.6 Å². The van der Waals surface area contributed by atoms with Crippen molar-refractivity contribution in [1.82, 2.24) is 0 Å². The van der Waals surface area contributed by atoms with Crippen molar-refractivity contribution in [2.24, 2.45) is 5.92 Å². The van der Waals surface area contributed by atoms with Crippen LogP contribution in [0.1, 0.15) is 12.0 Å². The molecule has 3 heteroatoms. The van der Waals surface area contributed by atoms with Crippen LogP contribution in [0.3, 0.4) is 0 Å². The van der Waals surface area contributed by atoms with Crippen molar-refractivity contribution in [2.45, 2.75) is 18.2 Å². The second-order valence-corrected chi connectivity index (χ2v) is 4.53. The standard InChI is InChI=1S/C12H14ClFO/c13-12-4-5-15-8-10(12)6-9-2-1-3-11(14)7-9/h1-3,7,10,12H,4-6,8H2. The number of hydrogen-bond acceptors (Lipinski definition) is 1. The van der Waals surface area contributed by atoms with Gasteiger partial charge in [0.2, 0.25) is 0 Å². The molecule has 0 amide bonds. The third-order valence-electron chi connectivity index (χ3n) is 2.77. The highest BCUT2D eigenvalue weighted by molar-refractivity contribution is 6.20. The van der Waals surface area contributed by atoms with Crippen molar-refractivity contribution in [3.63, 3.8) is 0 Å². The summed E-state index contributed by atoms with van der Waals surface area (Å²) < 4.78 is 18.3. The predicted molar refractivity (Wildman–Crippen MR) is 58.7 cm³/mol. The maximum atomic E-state index is 13.0. The molecule has 2 rings (SSSR count). The van der Waals surface area contributed by atoms with Crippen molar-refractivity contribution in [3.8, 4) is 0 Å². The highest BCUT2D eigenvalue weighted by atomic mass is 35.5. The zero-order valence-corrected chi connectivity index (χ0v) is 9.21. The van der Waals surface area contributed by atoms with Gasteiger partial charge in [-0.1, -0.05) is 12.1 Å². The Morgan fingerprint density at radius 1 is 1.47 bits per heavy atom. The number of rotatable bonds is 2. The Bertz CT molecular complexity index is 329. The normalized spacial score (nSPS) is 26.5. The van der Waals surface area contributed by atoms with E-state index in [1.54, 1.807) is 12.1 Å². The van der Waals surface area contributed by atoms with Crippen LogP contribution in [0.25, 0.3) is 0 Å². The summed E-state index contributed by atoms with van der Waals surface area (Å²) in [6, 6.07) is 6.69. The molecule has 0 aromatic heterocycles. The first-order valence-corrected chi connectivity index (χ1v) is 5.65. The number of benzene rings is 1. The average molecular weight is 229 g/mol. The van der Waals surface area contributed by atoms with E-state index >= 15 is 0 Å². The van der Waals surface area contributed by atoms with Crippen molar-refractivity contribution < 1.29 is 9.13 Å². The molecule has 0 radical (unpaired) electrons. The molecule has 0 saturated carbocycles. The molecule has 2 atom stereocenters. The maximum Gasteiger partial charge on any atom is 0.123 e. The third kappa shape index (κ3) is 2.93. The van der Waals surface area contributed by atoms with E-state index in [9.17, 15) is 4.39 Å². The highest BCUT2D eigenvalue weighted by Crippen LogP contribution is 2.24. The van der Waals surface area contributed by atoms with Gasteiger partial charge in [0.25, 0.3) is 0 Å². The summed E-state index contributed by atoms with van der Waals surface area (Å²) in [7, 11) is 0. The summed E-state index contributed by atoms with van der Waals surface area (Å²) in [5, 5.41) is 0.155. The SMILES string of the molecule is Fc1cccc(CC2COCCC2Cl)c1. The summed E-state index contributed by atoms with van der Waals surface area (Å²) in [6.45, 7) is 1.43. The fourth-order valence-corrected chi connectivity index (χ4v) is 2.18. The number of ether oxygens (including phenoxy) is 1. The molecule has 1 aromatic carbocycles. The summed E-state index contributed by atoms with van der Waals surface area (Å²) >= 11 is 6.20. The first kappa shape index (κ1) is 10.9. The first-order valence-electron chi connectivity index (χ1n) is 5.22. The fraction of sp³-hybridized carbons (Fsp3) is 0.500. The van der Waals surface area contributed by atoms with Crippen molar-refractivity contribution in [1.29, 1.82) is 0 Å². The van der Waals surface area contributed by atoms with Crippen molar-refractivity contribution >= 4 is 11.6 Å². The Hall–Kier alpha value is -0.600. The van der Waals surface area contributed by atoms with Gasteiger partial charge in [-0.3, -0.25) is 0 Å². The monoisotopic (exact) mass is 228 g/mol. The molecular weight excluding hydrogens is 215 g/mol. The molecule has 2 unspecified atom stereocenters. The third-order valence-corrected chi connectivity index (χ3v) is 3.34. The van der Waals surface area contributed by atoms with Crippen LogP contribution in [0.15, 0.2) is 24.3 Å². The van der Waals surface area contributed by atoms with Gasteiger partial charge >= 0.3 is 0 Å². The molecule has 1 saturated heterocycles. The maximum absolute atomic E-state index is 13.0. The largest absolute Gasteiger partial charge is 0.381 e. The van der Waals surface area contributed by atoms with Crippen LogP contribution in [-0.2, 0) is 11.2 Å². The Labute approximate surface area is 94.2 Å². The second kappa shape index (κ2) is 4.95. The number of hydrogen-bond donors (Lipinski definition) is 0. The lowest BCUT2D eigenvalue weighted by Gasteiger charge is -2.27. The molecular formula is C12H14ClFO. The molecule has 1 heterocycles. The molecule has 0 aliphatic carbocycles. The lowest BCUT2D eigenvalue weighted by molar-refractivity contribution is 0.0577. The van der Waals surface area contributed by atoms with E-state index < -0.39 is 0 Å². The minimum absolute atomic E-state index is 0.155. The molecule has 1 fully saturated rings. The topological polar surface area (TPSA) is 9.23 Å². The van der Waals surface area contributed by atoms with Crippen LogP contribution >= 0.6 is 11.6 Å². The molecule has 1 aliphatic rings. The van der Waals surface area contributed by atoms with Crippen LogP contribution in [0.4, 0.5) is 4.39 Å². The molecule has 0 bridgehead atoms. The second-order valence-electron chi connectivity index (χ2n) is 3.97. The molecule has 1 nitrogen and oxygen atoms in total. The average Bonchev–Trinajstić information content (AvgIpc) is 2.22. The zero-order chi connectivity index (χ0) is 10.7. The number of alkyl halides is 1. The summed E-state index contributed by atoms with van der Waals surface area (Å²) in [5.41, 5.74) is 0.996. The van der Waals surface area contributed by atoms with Gasteiger partial charge in [-0.05, 0) is 30.5 Å². The van der Waals surface area contributed by atoms with Crippen LogP contribution in [0, 0.1) is 11.7 Å². The lowest BCUT2D eigenvalue weighted by atomic mass is 9.94. The van der Waals surface area contributed by atoms with Crippen LogP contribution in [-0.4, -0.2) is 18.6 Å². The summed E-state index contributed by atoms with van der Waals surface area (Å²) in [6.07, 6.45) is 1.69. The molecule has 1 aliphatic heterocycles. The fourth-order valence-electron chi connectivity index (χ4n) is 1.92. The predicted octanol–water partition coefficient (Wildman–Crippen LogP) is 3.01. The number of halogens is 2. The van der Waals surface area contributed by atoms with Gasteiger partial charge in [-0.2, -0.15) is 0 Å². The molecule has 1 aromatic rings. The molecule has 82 valence electrons. The Balaban J connectivity index is 2.01. The first-order chi connectivity index (χ1) is 7.25. The quantitative estimate of drug-likeness (QED) is 0.707. The van der Waals surface area contributed by atoms with E-state index in [-0.39, 0.29) is 11.2 Å². The van der Waals surface area contributed by atoms with Gasteiger partial charge in [-0.25, -0.2) is 4.39 Å². The van der Waals surface area contributed by atoms with Gasteiger partial charge < -0.3 is 4.74 Å². The van der Waals surface area contributed by atoms with Crippen LogP contribution in [0.5, 0.6) is 0 Å². The Kier molecular flexibility index (Phi) is 3.60. The molecule has 0 spiro atoms. The van der Waals surface area contributed by atoms with Crippen LogP contribution < -0.4 is 0 Å². The summed E-state index contributed by atoms with van der Waals surface area (Å²) in [4.78, 5) is 0. The van der Waals surface area contributed by atoms with Gasteiger partial charge in [-0.15, -0.1) is 11.6 Å². The highest BCUT2D eigenvalue weighted by Gasteiger charge is 2.23. The van der Waals surface area contributed by atoms with E-state index in [2.05, 4.69) is 0 Å². The van der Waals surface area contributed by atoms with Crippen LogP contribution in [0.2, 0.25) is 0 Å². The van der Waals surface area contributed by atoms with Gasteiger partial charge in [0, 0.05) is 17.9 Å². The smallest absolute Gasteiger partial charge is 0.123 e. The molecule has 15 heavy (non-hydrogen) atoms. The van der Waals surface area contributed by atoms with E-state index in [4.69, 9.17) is 16.3 Å². The van der Waals surface area contributed by atoms with Crippen molar-refractivity contribution in [2.75, 3.05) is 13.2 Å². The Morgan fingerprint density at radius 3 is 3.07 bits per heavy atom. The van der Waals surface area contributed by atoms with E-state index in [1.165, 1.54) is 6.07 Å². The molecule has 0 N–H and O–H groups in total. The summed E-state index contributed by atoms with van der Waals surface area (Å²) in [5.74, 6) is 0.123.